The van der Waals surface area contributed by atoms with Gasteiger partial charge in [0.05, 0.1) is 0 Å². The predicted octanol–water partition coefficient (Wildman–Crippen LogP) is 2.85. The van der Waals surface area contributed by atoms with Crippen molar-refractivity contribution in [3.8, 4) is 0 Å². The second-order valence-corrected chi connectivity index (χ2v) is 4.38. The Kier molecular flexibility index (Phi) is 4.04. The maximum Gasteiger partial charge on any atom is 0.487 e. The van der Waals surface area contributed by atoms with Crippen LogP contribution in [0.2, 0.25) is 0 Å². The van der Waals surface area contributed by atoms with Gasteiger partial charge in [0, 0.05) is 6.54 Å². The van der Waals surface area contributed by atoms with Crippen LogP contribution in [0.25, 0.3) is 0 Å². The first-order chi connectivity index (χ1) is 7.36. The van der Waals surface area contributed by atoms with Crippen LogP contribution in [0.15, 0.2) is 5.10 Å². The van der Waals surface area contributed by atoms with Gasteiger partial charge in [0.1, 0.15) is 12.5 Å². The Labute approximate surface area is 93.9 Å². The molecule has 1 aliphatic rings. The summed E-state index contributed by atoms with van der Waals surface area (Å²) in [6.07, 6.45) is -2.88. The zero-order chi connectivity index (χ0) is 12.3. The fraction of sp³-hybridized carbons (Fsp3) is 0.900. The Hall–Kier alpha value is -0.940. The summed E-state index contributed by atoms with van der Waals surface area (Å²) in [6.45, 7) is 6.31. The molecule has 1 heterocycles. The highest BCUT2D eigenvalue weighted by Gasteiger charge is 2.45. The normalized spacial score (nSPS) is 21.3. The molecule has 0 saturated carbocycles. The summed E-state index contributed by atoms with van der Waals surface area (Å²) in [6, 6.07) is 0. The van der Waals surface area contributed by atoms with Crippen molar-refractivity contribution < 1.29 is 13.2 Å². The zero-order valence-electron chi connectivity index (χ0n) is 9.83. The third-order valence-electron chi connectivity index (χ3n) is 2.42. The van der Waals surface area contributed by atoms with Crippen molar-refractivity contribution in [2.45, 2.75) is 46.1 Å². The molecular weight excluding hydrogens is 219 g/mol. The second kappa shape index (κ2) is 4.93. The lowest BCUT2D eigenvalue weighted by atomic mass is 10.1. The van der Waals surface area contributed by atoms with Gasteiger partial charge in [-0.2, -0.15) is 5.10 Å². The molecule has 0 aromatic carbocycles. The number of alkyl halides is 3. The van der Waals surface area contributed by atoms with Crippen molar-refractivity contribution in [3.63, 3.8) is 0 Å². The maximum absolute atomic E-state index is 12.7. The monoisotopic (exact) mass is 237 g/mol. The molecule has 0 aliphatic carbocycles. The number of halogens is 3. The van der Waals surface area contributed by atoms with Crippen LogP contribution in [-0.4, -0.2) is 35.3 Å². The average Bonchev–Trinajstić information content (AvgIpc) is 2.47. The van der Waals surface area contributed by atoms with Crippen molar-refractivity contribution >= 4 is 6.34 Å². The summed E-state index contributed by atoms with van der Waals surface area (Å²) < 4.78 is 38.0. The lowest BCUT2D eigenvalue weighted by molar-refractivity contribution is -0.236. The molecule has 0 aromatic rings. The van der Waals surface area contributed by atoms with E-state index < -0.39 is 12.5 Å². The quantitative estimate of drug-likeness (QED) is 0.700. The molecule has 0 aromatic heterocycles. The van der Waals surface area contributed by atoms with Crippen molar-refractivity contribution in [2.75, 3.05) is 6.54 Å². The molecule has 1 aliphatic heterocycles. The summed E-state index contributed by atoms with van der Waals surface area (Å²) in [5, 5.41) is 5.34. The van der Waals surface area contributed by atoms with Gasteiger partial charge in [0.2, 0.25) is 0 Å². The fourth-order valence-electron chi connectivity index (χ4n) is 1.75. The van der Waals surface area contributed by atoms with Crippen molar-refractivity contribution in [1.29, 1.82) is 0 Å². The smallest absolute Gasteiger partial charge is 0.273 e. The highest BCUT2D eigenvalue weighted by molar-refractivity contribution is 5.57. The van der Waals surface area contributed by atoms with Gasteiger partial charge >= 0.3 is 6.30 Å². The average molecular weight is 237 g/mol. The third-order valence-corrected chi connectivity index (χ3v) is 2.42. The van der Waals surface area contributed by atoms with E-state index in [1.807, 2.05) is 20.8 Å². The molecule has 0 fully saturated rings. The summed E-state index contributed by atoms with van der Waals surface area (Å²) in [5.74, 6) is 0.205. The molecule has 0 radical (unpaired) electrons. The molecule has 16 heavy (non-hydrogen) atoms. The Balaban J connectivity index is 2.75. The molecule has 0 N–H and O–H groups in total. The molecule has 0 amide bonds. The van der Waals surface area contributed by atoms with E-state index in [0.29, 0.717) is 17.9 Å². The van der Waals surface area contributed by atoms with Crippen LogP contribution < -0.4 is 0 Å². The molecule has 0 spiro atoms. The molecule has 0 saturated heterocycles. The van der Waals surface area contributed by atoms with Gasteiger partial charge < -0.3 is 0 Å². The Morgan fingerprint density at radius 1 is 1.38 bits per heavy atom. The lowest BCUT2D eigenvalue weighted by Gasteiger charge is -2.32. The van der Waals surface area contributed by atoms with Crippen LogP contribution in [0.3, 0.4) is 0 Å². The number of hydrogen-bond acceptors (Lipinski definition) is 3. The van der Waals surface area contributed by atoms with Crippen LogP contribution in [0.5, 0.6) is 0 Å². The minimum Gasteiger partial charge on any atom is -0.273 e. The van der Waals surface area contributed by atoms with E-state index in [4.69, 9.17) is 0 Å². The van der Waals surface area contributed by atoms with Crippen LogP contribution in [0.1, 0.15) is 33.6 Å². The van der Waals surface area contributed by atoms with Crippen LogP contribution in [-0.2, 0) is 0 Å². The SMILES string of the molecule is CCCN1N=CN(C(F)(F)F)C1CC(C)C. The van der Waals surface area contributed by atoms with Gasteiger partial charge in [-0.25, -0.2) is 0 Å². The van der Waals surface area contributed by atoms with Gasteiger partial charge in [-0.05, 0) is 18.8 Å². The highest BCUT2D eigenvalue weighted by Crippen LogP contribution is 2.30. The van der Waals surface area contributed by atoms with Crippen molar-refractivity contribution in [3.05, 3.63) is 0 Å². The Morgan fingerprint density at radius 2 is 2.00 bits per heavy atom. The molecule has 1 rings (SSSR count). The Morgan fingerprint density at radius 3 is 2.44 bits per heavy atom. The van der Waals surface area contributed by atoms with Crippen molar-refractivity contribution in [1.82, 2.24) is 9.91 Å². The number of hydrogen-bond donors (Lipinski definition) is 0. The van der Waals surface area contributed by atoms with E-state index in [1.54, 1.807) is 0 Å². The number of hydrazone groups is 1. The summed E-state index contributed by atoms with van der Waals surface area (Å²) in [4.78, 5) is 0.392. The summed E-state index contributed by atoms with van der Waals surface area (Å²) >= 11 is 0. The molecule has 3 nitrogen and oxygen atoms in total. The number of nitrogens with zero attached hydrogens (tertiary/aromatic N) is 3. The molecule has 1 atom stereocenters. The second-order valence-electron chi connectivity index (χ2n) is 4.38. The largest absolute Gasteiger partial charge is 0.487 e. The lowest BCUT2D eigenvalue weighted by Crippen LogP contribution is -2.48. The van der Waals surface area contributed by atoms with Crippen molar-refractivity contribution in [2.24, 2.45) is 11.0 Å². The van der Waals surface area contributed by atoms with E-state index >= 15 is 0 Å². The minimum atomic E-state index is -4.34. The van der Waals surface area contributed by atoms with E-state index in [2.05, 4.69) is 5.10 Å². The third kappa shape index (κ3) is 3.02. The molecule has 1 unspecified atom stereocenters. The van der Waals surface area contributed by atoms with Crippen LogP contribution >= 0.6 is 0 Å². The Bertz CT molecular complexity index is 250. The van der Waals surface area contributed by atoms with Gasteiger partial charge in [-0.3, -0.25) is 9.91 Å². The first-order valence-corrected chi connectivity index (χ1v) is 5.52. The van der Waals surface area contributed by atoms with E-state index in [1.165, 1.54) is 5.01 Å². The van der Waals surface area contributed by atoms with Gasteiger partial charge in [-0.1, -0.05) is 20.8 Å². The van der Waals surface area contributed by atoms with Gasteiger partial charge in [0.15, 0.2) is 0 Å². The highest BCUT2D eigenvalue weighted by atomic mass is 19.4. The van der Waals surface area contributed by atoms with Crippen LogP contribution in [0.4, 0.5) is 13.2 Å². The fourth-order valence-corrected chi connectivity index (χ4v) is 1.75. The first kappa shape index (κ1) is 13.1. The van der Waals surface area contributed by atoms with E-state index in [0.717, 1.165) is 12.8 Å². The van der Waals surface area contributed by atoms with Gasteiger partial charge in [-0.15, -0.1) is 13.2 Å². The zero-order valence-corrected chi connectivity index (χ0v) is 9.83. The molecule has 0 bridgehead atoms. The van der Waals surface area contributed by atoms with E-state index in [-0.39, 0.29) is 5.92 Å². The molecule has 6 heteroatoms. The van der Waals surface area contributed by atoms with Gasteiger partial charge in [0.25, 0.3) is 0 Å². The predicted molar refractivity (Wildman–Crippen MR) is 56.6 cm³/mol. The maximum atomic E-state index is 12.7. The number of rotatable bonds is 4. The summed E-state index contributed by atoms with van der Waals surface area (Å²) in [5.41, 5.74) is 0. The topological polar surface area (TPSA) is 18.8 Å². The molecule has 94 valence electrons. The first-order valence-electron chi connectivity index (χ1n) is 5.52. The van der Waals surface area contributed by atoms with E-state index in [9.17, 15) is 13.2 Å². The minimum absolute atomic E-state index is 0.205. The summed E-state index contributed by atoms with van der Waals surface area (Å²) in [7, 11) is 0. The van der Waals surface area contributed by atoms with Crippen LogP contribution in [0, 0.1) is 5.92 Å². The molecular formula is C10H18F3N3. The standard InChI is InChI=1S/C10H18F3N3/c1-4-5-16-9(6-8(2)3)15(7-14-16)10(11,12)13/h7-9H,4-6H2,1-3H3.